The van der Waals surface area contributed by atoms with Crippen molar-refractivity contribution in [2.45, 2.75) is 18.4 Å². The van der Waals surface area contributed by atoms with Gasteiger partial charge >= 0.3 is 0 Å². The largest absolute Gasteiger partial charge is 0.370 e. The second-order valence-electron chi connectivity index (χ2n) is 9.53. The third-order valence-electron chi connectivity index (χ3n) is 6.56. The zero-order valence-corrected chi connectivity index (χ0v) is 23.8. The standard InChI is InChI=1S/C32H32N6O3.ClH/c1-38(26-17-15-21(16-18-26)19-27(33)39)31(41)29(24-13-8-14-25(20-24)36-32(34)35)37-30(40)28(22-9-4-2-5-10-22)23-11-6-3-7-12-23;/h2-18,20,28-29H,19H2,1H3,(H2,33,39)(H,37,40)(H4,34,35,36);1H. The Balaban J connectivity index is 0.00000484. The number of nitrogens with zero attached hydrogens (tertiary/aromatic N) is 2. The van der Waals surface area contributed by atoms with Gasteiger partial charge in [-0.15, -0.1) is 12.4 Å². The number of halogens is 1. The minimum absolute atomic E-state index is 0. The van der Waals surface area contributed by atoms with Crippen LogP contribution in [0.5, 0.6) is 0 Å². The molecule has 0 radical (unpaired) electrons. The van der Waals surface area contributed by atoms with Gasteiger partial charge in [0, 0.05) is 12.7 Å². The molecule has 10 heteroatoms. The molecule has 1 unspecified atom stereocenters. The third-order valence-corrected chi connectivity index (χ3v) is 6.56. The zero-order valence-electron chi connectivity index (χ0n) is 23.0. The van der Waals surface area contributed by atoms with Crippen molar-refractivity contribution in [3.8, 4) is 0 Å². The molecule has 4 aromatic carbocycles. The maximum Gasteiger partial charge on any atom is 0.253 e. The topological polar surface area (TPSA) is 157 Å². The monoisotopic (exact) mass is 584 g/mol. The first-order valence-corrected chi connectivity index (χ1v) is 13.0. The van der Waals surface area contributed by atoms with Gasteiger partial charge in [0.25, 0.3) is 5.91 Å². The number of anilines is 1. The number of rotatable bonds is 10. The molecule has 0 heterocycles. The molecule has 0 bridgehead atoms. The summed E-state index contributed by atoms with van der Waals surface area (Å²) in [5.41, 5.74) is 20.3. The molecule has 3 amide bonds. The van der Waals surface area contributed by atoms with Gasteiger partial charge in [0.05, 0.1) is 18.0 Å². The molecular formula is C32H33ClN6O3. The molecule has 1 atom stereocenters. The predicted molar refractivity (Wildman–Crippen MR) is 168 cm³/mol. The number of likely N-dealkylation sites (N-methyl/N-ethyl adjacent to an activating group) is 1. The maximum absolute atomic E-state index is 14.0. The summed E-state index contributed by atoms with van der Waals surface area (Å²) < 4.78 is 0. The summed E-state index contributed by atoms with van der Waals surface area (Å²) in [7, 11) is 1.62. The van der Waals surface area contributed by atoms with Gasteiger partial charge in [-0.1, -0.05) is 84.9 Å². The number of carbonyl (C=O) groups is 3. The average Bonchev–Trinajstić information content (AvgIpc) is 2.96. The van der Waals surface area contributed by atoms with E-state index in [0.717, 1.165) is 16.7 Å². The van der Waals surface area contributed by atoms with E-state index in [9.17, 15) is 14.4 Å². The molecule has 0 spiro atoms. The van der Waals surface area contributed by atoms with Crippen LogP contribution in [-0.2, 0) is 20.8 Å². The van der Waals surface area contributed by atoms with Crippen LogP contribution in [0.4, 0.5) is 11.4 Å². The Morgan fingerprint density at radius 3 is 1.83 bits per heavy atom. The van der Waals surface area contributed by atoms with Crippen LogP contribution in [-0.4, -0.2) is 30.7 Å². The van der Waals surface area contributed by atoms with Crippen LogP contribution in [0.3, 0.4) is 0 Å². The SMILES string of the molecule is CN(C(=O)C(NC(=O)C(c1ccccc1)c1ccccc1)c1cccc(N=C(N)N)c1)c1ccc(CC(N)=O)cc1.Cl. The summed E-state index contributed by atoms with van der Waals surface area (Å²) in [4.78, 5) is 44.9. The summed E-state index contributed by atoms with van der Waals surface area (Å²) in [6.45, 7) is 0. The number of amides is 3. The zero-order chi connectivity index (χ0) is 29.4. The van der Waals surface area contributed by atoms with E-state index in [1.165, 1.54) is 4.90 Å². The Morgan fingerprint density at radius 1 is 0.762 bits per heavy atom. The van der Waals surface area contributed by atoms with E-state index in [4.69, 9.17) is 17.2 Å². The molecule has 216 valence electrons. The lowest BCUT2D eigenvalue weighted by atomic mass is 9.90. The van der Waals surface area contributed by atoms with E-state index < -0.39 is 17.9 Å². The van der Waals surface area contributed by atoms with Gasteiger partial charge in [-0.3, -0.25) is 14.4 Å². The molecule has 0 saturated carbocycles. The molecule has 9 nitrogen and oxygen atoms in total. The molecule has 42 heavy (non-hydrogen) atoms. The van der Waals surface area contributed by atoms with Crippen molar-refractivity contribution in [3.05, 3.63) is 131 Å². The quantitative estimate of drug-likeness (QED) is 0.165. The highest BCUT2D eigenvalue weighted by Gasteiger charge is 2.31. The van der Waals surface area contributed by atoms with Gasteiger partial charge in [-0.2, -0.15) is 0 Å². The number of carbonyl (C=O) groups excluding carboxylic acids is 3. The molecular weight excluding hydrogens is 552 g/mol. The van der Waals surface area contributed by atoms with Crippen molar-refractivity contribution in [1.29, 1.82) is 0 Å². The van der Waals surface area contributed by atoms with Crippen LogP contribution in [0.15, 0.2) is 114 Å². The first kappa shape index (κ1) is 31.4. The van der Waals surface area contributed by atoms with Crippen molar-refractivity contribution < 1.29 is 14.4 Å². The van der Waals surface area contributed by atoms with E-state index in [1.54, 1.807) is 55.6 Å². The molecule has 0 saturated heterocycles. The van der Waals surface area contributed by atoms with Crippen molar-refractivity contribution in [2.75, 3.05) is 11.9 Å². The molecule has 0 aliphatic rings. The van der Waals surface area contributed by atoms with Gasteiger partial charge in [0.2, 0.25) is 11.8 Å². The molecule has 0 aliphatic heterocycles. The van der Waals surface area contributed by atoms with Gasteiger partial charge < -0.3 is 27.4 Å². The summed E-state index contributed by atoms with van der Waals surface area (Å²) in [6.07, 6.45) is 0.0918. The average molecular weight is 585 g/mol. The number of hydrogen-bond acceptors (Lipinski definition) is 4. The smallest absolute Gasteiger partial charge is 0.253 e. The number of nitrogens with two attached hydrogens (primary N) is 3. The van der Waals surface area contributed by atoms with E-state index >= 15 is 0 Å². The first-order valence-electron chi connectivity index (χ1n) is 13.0. The predicted octanol–water partition coefficient (Wildman–Crippen LogP) is 3.69. The lowest BCUT2D eigenvalue weighted by Crippen LogP contribution is -2.43. The lowest BCUT2D eigenvalue weighted by Gasteiger charge is -2.27. The van der Waals surface area contributed by atoms with Crippen LogP contribution in [0.2, 0.25) is 0 Å². The molecule has 7 N–H and O–H groups in total. The number of hydrogen-bond donors (Lipinski definition) is 4. The number of primary amides is 1. The minimum Gasteiger partial charge on any atom is -0.370 e. The van der Waals surface area contributed by atoms with E-state index in [0.29, 0.717) is 16.9 Å². The molecule has 0 fully saturated rings. The Morgan fingerprint density at radius 2 is 1.31 bits per heavy atom. The number of benzene rings is 4. The highest BCUT2D eigenvalue weighted by Crippen LogP contribution is 2.29. The maximum atomic E-state index is 14.0. The molecule has 0 aromatic heterocycles. The van der Waals surface area contributed by atoms with Crippen molar-refractivity contribution in [2.24, 2.45) is 22.2 Å². The second kappa shape index (κ2) is 14.5. The third kappa shape index (κ3) is 7.96. The Hall–Kier alpha value is -5.15. The Kier molecular flexibility index (Phi) is 10.8. The second-order valence-corrected chi connectivity index (χ2v) is 9.53. The van der Waals surface area contributed by atoms with Gasteiger partial charge in [0.1, 0.15) is 6.04 Å². The summed E-state index contributed by atoms with van der Waals surface area (Å²) in [5.74, 6) is -1.97. The van der Waals surface area contributed by atoms with Crippen LogP contribution in [0, 0.1) is 0 Å². The Labute approximate surface area is 250 Å². The van der Waals surface area contributed by atoms with Crippen LogP contribution < -0.4 is 27.4 Å². The lowest BCUT2D eigenvalue weighted by molar-refractivity contribution is -0.128. The summed E-state index contributed by atoms with van der Waals surface area (Å²) >= 11 is 0. The first-order chi connectivity index (χ1) is 19.7. The fraction of sp³-hybridized carbons (Fsp3) is 0.125. The fourth-order valence-corrected chi connectivity index (χ4v) is 4.58. The Bertz CT molecular complexity index is 1500. The summed E-state index contributed by atoms with van der Waals surface area (Å²) in [6, 6.07) is 31.4. The highest BCUT2D eigenvalue weighted by atomic mass is 35.5. The molecule has 4 aromatic rings. The minimum atomic E-state index is -1.07. The van der Waals surface area contributed by atoms with E-state index in [2.05, 4.69) is 10.3 Å². The number of guanidine groups is 1. The normalized spacial score (nSPS) is 11.1. The van der Waals surface area contributed by atoms with Gasteiger partial charge in [0.15, 0.2) is 5.96 Å². The molecule has 0 aliphatic carbocycles. The van der Waals surface area contributed by atoms with Crippen LogP contribution in [0.25, 0.3) is 0 Å². The molecule has 4 rings (SSSR count). The number of nitrogens with one attached hydrogen (secondary N) is 1. The van der Waals surface area contributed by atoms with Crippen LogP contribution in [0.1, 0.15) is 34.2 Å². The highest BCUT2D eigenvalue weighted by molar-refractivity contribution is 6.00. The fourth-order valence-electron chi connectivity index (χ4n) is 4.58. The van der Waals surface area contributed by atoms with Crippen molar-refractivity contribution >= 4 is 47.5 Å². The summed E-state index contributed by atoms with van der Waals surface area (Å²) in [5, 5.41) is 3.00. The van der Waals surface area contributed by atoms with Crippen molar-refractivity contribution in [3.63, 3.8) is 0 Å². The van der Waals surface area contributed by atoms with E-state index in [1.807, 2.05) is 60.7 Å². The van der Waals surface area contributed by atoms with Gasteiger partial charge in [-0.05, 0) is 46.5 Å². The number of aliphatic imine (C=N–C) groups is 1. The van der Waals surface area contributed by atoms with Crippen molar-refractivity contribution in [1.82, 2.24) is 5.32 Å². The van der Waals surface area contributed by atoms with Gasteiger partial charge in [-0.25, -0.2) is 4.99 Å². The van der Waals surface area contributed by atoms with Crippen LogP contribution >= 0.6 is 12.4 Å². The van der Waals surface area contributed by atoms with E-state index in [-0.39, 0.29) is 36.6 Å².